The van der Waals surface area contributed by atoms with Crippen molar-refractivity contribution >= 4 is 41.7 Å². The molecule has 3 fully saturated rings. The van der Waals surface area contributed by atoms with Crippen LogP contribution in [-0.2, 0) is 9.47 Å². The van der Waals surface area contributed by atoms with Crippen LogP contribution in [0.1, 0.15) is 94.6 Å². The van der Waals surface area contributed by atoms with E-state index >= 15 is 8.78 Å². The Morgan fingerprint density at radius 2 is 1.61 bits per heavy atom. The summed E-state index contributed by atoms with van der Waals surface area (Å²) in [4.78, 5) is 34.6. The number of nitrogens with one attached hydrogen (secondary N) is 1. The SMILES string of the molecule is COCOc1cc(-c2ncc3c(N4CC5CCC(C4)N5C(=O)OC(C)(C)C)nc(OC[C@@H](CN4CCNCC4)C(C)C)nc3c2F)c2c(C#C[Si](C(C)C)(C(C)C)C(C)C)c(F)ccc2c1. The fourth-order valence-corrected chi connectivity index (χ4v) is 15.8. The second-order valence-corrected chi connectivity index (χ2v) is 26.3. The first kappa shape index (κ1) is 49.3. The third kappa shape index (κ3) is 10.3. The smallest absolute Gasteiger partial charge is 0.410 e. The second kappa shape index (κ2) is 20.3. The average Bonchev–Trinajstić information content (AvgIpc) is 3.53. The lowest BCUT2D eigenvalue weighted by Crippen LogP contribution is -2.57. The van der Waals surface area contributed by atoms with Crippen LogP contribution in [0.3, 0.4) is 0 Å². The zero-order valence-corrected chi connectivity index (χ0v) is 42.2. The highest BCUT2D eigenvalue weighted by Gasteiger charge is 2.45. The van der Waals surface area contributed by atoms with Gasteiger partial charge in [0.25, 0.3) is 0 Å². The third-order valence-electron chi connectivity index (χ3n) is 14.0. The molecule has 0 aliphatic carbocycles. The summed E-state index contributed by atoms with van der Waals surface area (Å²) in [6.45, 7) is 29.1. The summed E-state index contributed by atoms with van der Waals surface area (Å²) in [5.74, 6) is 3.50. The Morgan fingerprint density at radius 3 is 2.21 bits per heavy atom. The van der Waals surface area contributed by atoms with Gasteiger partial charge in [-0.15, -0.1) is 5.54 Å². The summed E-state index contributed by atoms with van der Waals surface area (Å²) >= 11 is 0. The van der Waals surface area contributed by atoms with E-state index in [9.17, 15) is 4.79 Å². The summed E-state index contributed by atoms with van der Waals surface area (Å²) in [6.07, 6.45) is 2.88. The first-order chi connectivity index (χ1) is 31.3. The molecule has 12 nitrogen and oxygen atoms in total. The van der Waals surface area contributed by atoms with E-state index < -0.39 is 25.3 Å². The molecule has 358 valence electrons. The maximum absolute atomic E-state index is 17.9. The number of fused-ring (bicyclic) bond motifs is 4. The maximum Gasteiger partial charge on any atom is 0.410 e. The molecule has 3 atom stereocenters. The number of halogens is 2. The molecule has 2 bridgehead atoms. The predicted molar refractivity (Wildman–Crippen MR) is 261 cm³/mol. The maximum atomic E-state index is 17.9. The van der Waals surface area contributed by atoms with Gasteiger partial charge in [-0.05, 0) is 79.7 Å². The molecule has 1 N–H and O–H groups in total. The Balaban J connectivity index is 1.38. The van der Waals surface area contributed by atoms with E-state index in [0.717, 1.165) is 45.6 Å². The zero-order chi connectivity index (χ0) is 47.7. The van der Waals surface area contributed by atoms with Crippen molar-refractivity contribution in [2.45, 2.75) is 123 Å². The van der Waals surface area contributed by atoms with Gasteiger partial charge in [0.15, 0.2) is 12.6 Å². The number of hydrogen-bond donors (Lipinski definition) is 1. The van der Waals surface area contributed by atoms with E-state index in [-0.39, 0.29) is 53.7 Å². The van der Waals surface area contributed by atoms with Crippen LogP contribution in [0.5, 0.6) is 11.8 Å². The molecule has 66 heavy (non-hydrogen) atoms. The number of aromatic nitrogens is 3. The quantitative estimate of drug-likeness (QED) is 0.0741. The molecule has 0 spiro atoms. The number of anilines is 1. The number of nitrogens with zero attached hydrogens (tertiary/aromatic N) is 6. The zero-order valence-electron chi connectivity index (χ0n) is 41.2. The van der Waals surface area contributed by atoms with Gasteiger partial charge in [0.05, 0.1) is 29.6 Å². The van der Waals surface area contributed by atoms with Gasteiger partial charge in [-0.1, -0.05) is 67.4 Å². The fourth-order valence-electron chi connectivity index (χ4n) is 10.6. The lowest BCUT2D eigenvalue weighted by molar-refractivity contribution is 0.0122. The minimum atomic E-state index is -2.31. The molecule has 15 heteroatoms. The number of rotatable bonds is 14. The highest BCUT2D eigenvalue weighted by molar-refractivity contribution is 6.90. The molecule has 1 amide bonds. The van der Waals surface area contributed by atoms with E-state index in [0.29, 0.717) is 75.5 Å². The molecule has 4 aromatic rings. The second-order valence-electron chi connectivity index (χ2n) is 20.7. The Morgan fingerprint density at radius 1 is 0.939 bits per heavy atom. The molecule has 2 unspecified atom stereocenters. The summed E-state index contributed by atoms with van der Waals surface area (Å²) in [6, 6.07) is 6.34. The number of carbonyl (C=O) groups excluding carboxylic acids is 1. The lowest BCUT2D eigenvalue weighted by atomic mass is 9.95. The monoisotopic (exact) mass is 928 g/mol. The largest absolute Gasteiger partial charge is 0.468 e. The Bertz CT molecular complexity index is 2410. The standard InChI is InChI=1S/C51H71F2N7O5Si/c1-31(2)36(26-58-20-18-54-19-21-58)29-63-49-56-47-42(48(57-49)59-27-37-14-15-38(28-59)60(37)50(61)65-51(9,10)11)25-55-46(45(47)53)41-24-39(64-30-62-12)23-35-13-16-43(52)40(44(35)41)17-22-66(32(3)4,33(5)6)34(7)8/h13,16,23-25,31-34,36-38,54H,14-15,18-21,26-30H2,1-12H3/t36-,37?,38?/m1/s1. The number of benzene rings is 2. The fraction of sp³-hybridized carbons (Fsp3) is 0.608. The van der Waals surface area contributed by atoms with Gasteiger partial charge in [-0.25, -0.2) is 13.6 Å². The van der Waals surface area contributed by atoms with Gasteiger partial charge in [0.1, 0.15) is 42.3 Å². The van der Waals surface area contributed by atoms with Gasteiger partial charge in [0.2, 0.25) is 0 Å². The number of hydrogen-bond acceptors (Lipinski definition) is 11. The number of carbonyl (C=O) groups is 1. The molecule has 3 aliphatic rings. The topological polar surface area (TPSA) is 114 Å². The average molecular weight is 928 g/mol. The van der Waals surface area contributed by atoms with E-state index in [1.165, 1.54) is 13.2 Å². The molecule has 5 heterocycles. The van der Waals surface area contributed by atoms with Gasteiger partial charge in [-0.2, -0.15) is 9.97 Å². The van der Waals surface area contributed by atoms with Crippen molar-refractivity contribution in [3.8, 4) is 34.5 Å². The first-order valence-electron chi connectivity index (χ1n) is 23.9. The molecule has 7 rings (SSSR count). The molecular formula is C51H71F2N7O5Si. The Hall–Kier alpha value is -4.62. The summed E-state index contributed by atoms with van der Waals surface area (Å²) in [5, 5.41) is 4.88. The minimum absolute atomic E-state index is 0.0244. The van der Waals surface area contributed by atoms with Crippen LogP contribution >= 0.6 is 0 Å². The van der Waals surface area contributed by atoms with Gasteiger partial charge in [-0.3, -0.25) is 9.88 Å². The molecule has 2 aromatic carbocycles. The van der Waals surface area contributed by atoms with Crippen LogP contribution in [0.15, 0.2) is 30.5 Å². The molecule has 3 aliphatic heterocycles. The third-order valence-corrected chi connectivity index (χ3v) is 20.3. The summed E-state index contributed by atoms with van der Waals surface area (Å²) in [5.41, 5.74) is 4.50. The molecule has 3 saturated heterocycles. The van der Waals surface area contributed by atoms with Crippen molar-refractivity contribution in [3.63, 3.8) is 0 Å². The van der Waals surface area contributed by atoms with Crippen molar-refractivity contribution in [1.82, 2.24) is 30.1 Å². The van der Waals surface area contributed by atoms with Crippen LogP contribution in [0.25, 0.3) is 32.9 Å². The molecule has 0 saturated carbocycles. The van der Waals surface area contributed by atoms with Crippen LogP contribution in [0.2, 0.25) is 16.6 Å². The number of piperazine rings is 2. The predicted octanol–water partition coefficient (Wildman–Crippen LogP) is 9.82. The molecule has 2 aromatic heterocycles. The van der Waals surface area contributed by atoms with Crippen molar-refractivity contribution in [1.29, 1.82) is 0 Å². The number of methoxy groups -OCH3 is 1. The highest BCUT2D eigenvalue weighted by Crippen LogP contribution is 2.43. The van der Waals surface area contributed by atoms with E-state index in [2.05, 4.69) is 82.0 Å². The van der Waals surface area contributed by atoms with Crippen LogP contribution in [-0.4, -0.2) is 123 Å². The summed E-state index contributed by atoms with van der Waals surface area (Å²) in [7, 11) is -0.788. The summed E-state index contributed by atoms with van der Waals surface area (Å²) < 4.78 is 57.9. The number of pyridine rings is 1. The number of ether oxygens (including phenoxy) is 4. The number of amides is 1. The van der Waals surface area contributed by atoms with E-state index in [1.807, 2.05) is 25.7 Å². The van der Waals surface area contributed by atoms with Crippen molar-refractivity contribution in [2.24, 2.45) is 11.8 Å². The van der Waals surface area contributed by atoms with Crippen LogP contribution < -0.4 is 19.7 Å². The minimum Gasteiger partial charge on any atom is -0.468 e. The highest BCUT2D eigenvalue weighted by atomic mass is 28.3. The normalized spacial score (nSPS) is 18.8. The van der Waals surface area contributed by atoms with E-state index in [4.69, 9.17) is 33.9 Å². The Labute approximate surface area is 391 Å². The van der Waals surface area contributed by atoms with Gasteiger partial charge < -0.3 is 34.1 Å². The van der Waals surface area contributed by atoms with Crippen LogP contribution in [0, 0.1) is 34.9 Å². The van der Waals surface area contributed by atoms with Gasteiger partial charge >= 0.3 is 12.1 Å². The van der Waals surface area contributed by atoms with Gasteiger partial charge in [0, 0.05) is 76.0 Å². The van der Waals surface area contributed by atoms with Crippen LogP contribution in [0.4, 0.5) is 19.4 Å². The lowest BCUT2D eigenvalue weighted by Gasteiger charge is -2.42. The van der Waals surface area contributed by atoms with Crippen molar-refractivity contribution in [2.75, 3.05) is 71.2 Å². The Kier molecular flexibility index (Phi) is 15.2. The molecule has 0 radical (unpaired) electrons. The first-order valence-corrected chi connectivity index (χ1v) is 26.2. The van der Waals surface area contributed by atoms with E-state index in [1.54, 1.807) is 24.4 Å². The van der Waals surface area contributed by atoms with Crippen molar-refractivity contribution < 1.29 is 32.5 Å². The molecular weight excluding hydrogens is 857 g/mol. The van der Waals surface area contributed by atoms with Crippen molar-refractivity contribution in [3.05, 3.63) is 47.7 Å².